The van der Waals surface area contributed by atoms with E-state index < -0.39 is 23.6 Å². The highest BCUT2D eigenvalue weighted by molar-refractivity contribution is 6.31. The Morgan fingerprint density at radius 3 is 2.00 bits per heavy atom. The van der Waals surface area contributed by atoms with Crippen LogP contribution in [0.3, 0.4) is 0 Å². The van der Waals surface area contributed by atoms with E-state index in [1.807, 2.05) is 0 Å². The number of hydrogen-bond donors (Lipinski definition) is 0. The average molecular weight is 390 g/mol. The molecule has 0 N–H and O–H groups in total. The molecular formula is C18H10ClF6N. The molecule has 0 unspecified atom stereocenters. The van der Waals surface area contributed by atoms with Crippen molar-refractivity contribution in [1.29, 1.82) is 0 Å². The van der Waals surface area contributed by atoms with Crippen molar-refractivity contribution in [3.63, 3.8) is 0 Å². The van der Waals surface area contributed by atoms with Crippen molar-refractivity contribution in [2.24, 2.45) is 0 Å². The Morgan fingerprint density at radius 1 is 0.769 bits per heavy atom. The fourth-order valence-electron chi connectivity index (χ4n) is 2.61. The Labute approximate surface area is 149 Å². The topological polar surface area (TPSA) is 4.93 Å². The Balaban J connectivity index is 2.15. The fraction of sp³-hybridized carbons (Fsp3) is 0.111. The van der Waals surface area contributed by atoms with E-state index in [0.29, 0.717) is 5.56 Å². The van der Waals surface area contributed by atoms with Gasteiger partial charge in [-0.05, 0) is 48.0 Å². The molecule has 0 radical (unpaired) electrons. The second-order valence-electron chi connectivity index (χ2n) is 5.50. The average Bonchev–Trinajstić information content (AvgIpc) is 3.04. The molecule has 3 aromatic rings. The number of hydrogen-bond acceptors (Lipinski definition) is 0. The van der Waals surface area contributed by atoms with Gasteiger partial charge in [0.25, 0.3) is 0 Å². The number of aromatic nitrogens is 1. The van der Waals surface area contributed by atoms with Crippen LogP contribution in [-0.2, 0) is 12.4 Å². The first-order chi connectivity index (χ1) is 12.1. The Bertz CT molecular complexity index is 922. The zero-order chi connectivity index (χ0) is 19.1. The van der Waals surface area contributed by atoms with Crippen LogP contribution in [0.4, 0.5) is 26.3 Å². The van der Waals surface area contributed by atoms with Gasteiger partial charge in [0.05, 0.1) is 11.3 Å². The van der Waals surface area contributed by atoms with Gasteiger partial charge in [0.15, 0.2) is 0 Å². The summed E-state index contributed by atoms with van der Waals surface area (Å²) in [6, 6.07) is 10.6. The molecule has 1 aromatic heterocycles. The lowest BCUT2D eigenvalue weighted by atomic mass is 10.0. The molecule has 0 spiro atoms. The van der Waals surface area contributed by atoms with Crippen LogP contribution in [-0.4, -0.2) is 4.57 Å². The number of nitrogens with zero attached hydrogens (tertiary/aromatic N) is 1. The van der Waals surface area contributed by atoms with Gasteiger partial charge >= 0.3 is 12.4 Å². The van der Waals surface area contributed by atoms with E-state index in [1.165, 1.54) is 42.6 Å². The van der Waals surface area contributed by atoms with E-state index in [-0.39, 0.29) is 16.3 Å². The maximum Gasteiger partial charge on any atom is 0.431 e. The highest BCUT2D eigenvalue weighted by Gasteiger charge is 2.34. The van der Waals surface area contributed by atoms with E-state index in [9.17, 15) is 26.3 Å². The van der Waals surface area contributed by atoms with Gasteiger partial charge in [0, 0.05) is 16.8 Å². The number of halogens is 7. The molecule has 3 rings (SSSR count). The highest BCUT2D eigenvalue weighted by atomic mass is 35.5. The Kier molecular flexibility index (Phi) is 4.52. The predicted octanol–water partition coefficient (Wildman–Crippen LogP) is 6.84. The highest BCUT2D eigenvalue weighted by Crippen LogP contribution is 2.37. The van der Waals surface area contributed by atoms with Gasteiger partial charge in [-0.1, -0.05) is 23.7 Å². The first kappa shape index (κ1) is 18.4. The summed E-state index contributed by atoms with van der Waals surface area (Å²) in [6.45, 7) is 0. The van der Waals surface area contributed by atoms with Gasteiger partial charge in [0.2, 0.25) is 0 Å². The lowest BCUT2D eigenvalue weighted by Gasteiger charge is -2.17. The van der Waals surface area contributed by atoms with Crippen LogP contribution in [0.25, 0.3) is 16.8 Å². The fourth-order valence-corrected chi connectivity index (χ4v) is 2.78. The van der Waals surface area contributed by atoms with Crippen LogP contribution in [0.15, 0.2) is 60.8 Å². The quantitative estimate of drug-likeness (QED) is 0.423. The molecule has 0 aliphatic heterocycles. The molecular weight excluding hydrogens is 380 g/mol. The summed E-state index contributed by atoms with van der Waals surface area (Å²) in [5.74, 6) is 0. The van der Waals surface area contributed by atoms with Gasteiger partial charge in [-0.15, -0.1) is 0 Å². The molecule has 1 nitrogen and oxygen atoms in total. The molecule has 136 valence electrons. The zero-order valence-corrected chi connectivity index (χ0v) is 13.6. The third-order valence-electron chi connectivity index (χ3n) is 3.78. The summed E-state index contributed by atoms with van der Waals surface area (Å²) in [5, 5.41) is 0.254. The van der Waals surface area contributed by atoms with E-state index in [2.05, 4.69) is 0 Å². The molecule has 1 heterocycles. The first-order valence-corrected chi connectivity index (χ1v) is 7.67. The molecule has 0 amide bonds. The monoisotopic (exact) mass is 389 g/mol. The largest absolute Gasteiger partial charge is 0.431 e. The summed E-state index contributed by atoms with van der Waals surface area (Å²) in [7, 11) is 0. The minimum absolute atomic E-state index is 0.159. The van der Waals surface area contributed by atoms with Crippen LogP contribution < -0.4 is 0 Å². The van der Waals surface area contributed by atoms with E-state index in [0.717, 1.165) is 22.8 Å². The SMILES string of the molecule is FC(F)(F)c1ccc(-c2cc(Cl)ccc2-n2cccc2C(F)(F)F)cc1. The number of rotatable bonds is 2. The van der Waals surface area contributed by atoms with Crippen LogP contribution in [0, 0.1) is 0 Å². The van der Waals surface area contributed by atoms with Crippen molar-refractivity contribution in [2.45, 2.75) is 12.4 Å². The van der Waals surface area contributed by atoms with Gasteiger partial charge in [-0.3, -0.25) is 0 Å². The van der Waals surface area contributed by atoms with Gasteiger partial charge in [-0.25, -0.2) is 0 Å². The summed E-state index contributed by atoms with van der Waals surface area (Å²) in [5.41, 5.74) is -0.980. The molecule has 0 aliphatic carbocycles. The van der Waals surface area contributed by atoms with Crippen LogP contribution in [0.1, 0.15) is 11.3 Å². The molecule has 0 saturated carbocycles. The van der Waals surface area contributed by atoms with Crippen molar-refractivity contribution in [1.82, 2.24) is 4.57 Å². The standard InChI is InChI=1S/C18H10ClF6N/c19-13-7-8-15(26-9-1-2-16(26)18(23,24)25)14(10-13)11-3-5-12(6-4-11)17(20,21)22/h1-10H. The zero-order valence-electron chi connectivity index (χ0n) is 12.9. The third kappa shape index (κ3) is 3.58. The van der Waals surface area contributed by atoms with Crippen molar-refractivity contribution in [3.8, 4) is 16.8 Å². The summed E-state index contributed by atoms with van der Waals surface area (Å²) in [6.07, 6.45) is -7.85. The van der Waals surface area contributed by atoms with Crippen LogP contribution in [0.2, 0.25) is 5.02 Å². The number of benzene rings is 2. The Morgan fingerprint density at radius 2 is 1.42 bits per heavy atom. The molecule has 0 atom stereocenters. The van der Waals surface area contributed by atoms with Crippen LogP contribution in [0.5, 0.6) is 0 Å². The van der Waals surface area contributed by atoms with E-state index >= 15 is 0 Å². The van der Waals surface area contributed by atoms with Gasteiger partial charge in [0.1, 0.15) is 5.69 Å². The van der Waals surface area contributed by atoms with Crippen molar-refractivity contribution >= 4 is 11.6 Å². The molecule has 2 aromatic carbocycles. The first-order valence-electron chi connectivity index (χ1n) is 7.29. The molecule has 0 fully saturated rings. The van der Waals surface area contributed by atoms with E-state index in [4.69, 9.17) is 11.6 Å². The molecule has 0 aliphatic rings. The van der Waals surface area contributed by atoms with Gasteiger partial charge in [-0.2, -0.15) is 26.3 Å². The van der Waals surface area contributed by atoms with E-state index in [1.54, 1.807) is 0 Å². The second kappa shape index (κ2) is 6.39. The maximum atomic E-state index is 13.2. The molecule has 8 heteroatoms. The van der Waals surface area contributed by atoms with Crippen molar-refractivity contribution in [2.75, 3.05) is 0 Å². The molecule has 0 saturated heterocycles. The summed E-state index contributed by atoms with van der Waals surface area (Å²) in [4.78, 5) is 0. The summed E-state index contributed by atoms with van der Waals surface area (Å²) < 4.78 is 78.7. The normalized spacial score (nSPS) is 12.4. The summed E-state index contributed by atoms with van der Waals surface area (Å²) >= 11 is 5.95. The van der Waals surface area contributed by atoms with Crippen molar-refractivity contribution in [3.05, 3.63) is 77.1 Å². The second-order valence-corrected chi connectivity index (χ2v) is 5.93. The lowest BCUT2D eigenvalue weighted by Crippen LogP contribution is -2.12. The molecule has 0 bridgehead atoms. The third-order valence-corrected chi connectivity index (χ3v) is 4.02. The smallest absolute Gasteiger partial charge is 0.312 e. The molecule has 26 heavy (non-hydrogen) atoms. The van der Waals surface area contributed by atoms with Crippen molar-refractivity contribution < 1.29 is 26.3 Å². The Hall–Kier alpha value is -2.41. The van der Waals surface area contributed by atoms with Crippen LogP contribution >= 0.6 is 11.6 Å². The predicted molar refractivity (Wildman–Crippen MR) is 86.2 cm³/mol. The minimum atomic E-state index is -4.58. The maximum absolute atomic E-state index is 13.2. The lowest BCUT2D eigenvalue weighted by molar-refractivity contribution is -0.142. The minimum Gasteiger partial charge on any atom is -0.312 e. The number of alkyl halides is 6. The van der Waals surface area contributed by atoms with Gasteiger partial charge < -0.3 is 4.57 Å².